The molecule has 0 aliphatic carbocycles. The van der Waals surface area contributed by atoms with E-state index in [1.54, 1.807) is 13.1 Å². The third-order valence-corrected chi connectivity index (χ3v) is 4.07. The SMILES string of the molecule is Cc1cccc(CCC(=O)NCc2ccc3oc(=O)n(C)c3c2)c1. The van der Waals surface area contributed by atoms with Gasteiger partial charge in [-0.2, -0.15) is 0 Å². The number of carbonyl (C=O) groups is 1. The Morgan fingerprint density at radius 1 is 1.17 bits per heavy atom. The second kappa shape index (κ2) is 6.74. The highest BCUT2D eigenvalue weighted by molar-refractivity contribution is 5.77. The number of oxazole rings is 1. The number of aromatic nitrogens is 1. The van der Waals surface area contributed by atoms with Crippen LogP contribution in [0.5, 0.6) is 0 Å². The third kappa shape index (κ3) is 3.56. The van der Waals surface area contributed by atoms with Crippen molar-refractivity contribution in [1.82, 2.24) is 9.88 Å². The molecule has 0 fully saturated rings. The first-order valence-corrected chi connectivity index (χ1v) is 7.93. The topological polar surface area (TPSA) is 64.2 Å². The molecule has 5 heteroatoms. The van der Waals surface area contributed by atoms with Crippen LogP contribution in [-0.4, -0.2) is 10.5 Å². The Balaban J connectivity index is 1.58. The molecule has 0 saturated carbocycles. The lowest BCUT2D eigenvalue weighted by Gasteiger charge is -2.06. The molecule has 3 aromatic rings. The van der Waals surface area contributed by atoms with E-state index in [4.69, 9.17) is 4.42 Å². The van der Waals surface area contributed by atoms with E-state index in [2.05, 4.69) is 11.4 Å². The van der Waals surface area contributed by atoms with Gasteiger partial charge in [-0.15, -0.1) is 0 Å². The molecular weight excluding hydrogens is 304 g/mol. The highest BCUT2D eigenvalue weighted by atomic mass is 16.4. The minimum atomic E-state index is -0.385. The number of benzene rings is 2. The minimum Gasteiger partial charge on any atom is -0.408 e. The quantitative estimate of drug-likeness (QED) is 0.785. The zero-order valence-electron chi connectivity index (χ0n) is 13.8. The number of aryl methyl sites for hydroxylation is 3. The predicted molar refractivity (Wildman–Crippen MR) is 92.8 cm³/mol. The van der Waals surface area contributed by atoms with Gasteiger partial charge in [0.25, 0.3) is 0 Å². The molecule has 1 amide bonds. The van der Waals surface area contributed by atoms with E-state index in [0.717, 1.165) is 17.5 Å². The van der Waals surface area contributed by atoms with Crippen molar-refractivity contribution >= 4 is 17.0 Å². The van der Waals surface area contributed by atoms with Gasteiger partial charge in [-0.05, 0) is 36.6 Å². The number of rotatable bonds is 5. The molecule has 0 bridgehead atoms. The number of carbonyl (C=O) groups excluding carboxylic acids is 1. The largest absolute Gasteiger partial charge is 0.419 e. The van der Waals surface area contributed by atoms with Crippen LogP contribution >= 0.6 is 0 Å². The van der Waals surface area contributed by atoms with E-state index in [1.165, 1.54) is 15.7 Å². The number of hydrogen-bond acceptors (Lipinski definition) is 3. The molecule has 0 spiro atoms. The summed E-state index contributed by atoms with van der Waals surface area (Å²) >= 11 is 0. The van der Waals surface area contributed by atoms with E-state index in [0.29, 0.717) is 18.5 Å². The first-order valence-electron chi connectivity index (χ1n) is 7.93. The maximum absolute atomic E-state index is 12.0. The molecule has 1 aromatic heterocycles. The number of nitrogens with zero attached hydrogens (tertiary/aromatic N) is 1. The van der Waals surface area contributed by atoms with Crippen molar-refractivity contribution < 1.29 is 9.21 Å². The Hall–Kier alpha value is -2.82. The molecule has 1 heterocycles. The second-order valence-corrected chi connectivity index (χ2v) is 5.99. The smallest absolute Gasteiger partial charge is 0.408 e. The second-order valence-electron chi connectivity index (χ2n) is 5.99. The van der Waals surface area contributed by atoms with E-state index >= 15 is 0 Å². The van der Waals surface area contributed by atoms with Gasteiger partial charge < -0.3 is 9.73 Å². The summed E-state index contributed by atoms with van der Waals surface area (Å²) < 4.78 is 6.55. The minimum absolute atomic E-state index is 0.0117. The van der Waals surface area contributed by atoms with E-state index in [-0.39, 0.29) is 11.7 Å². The average Bonchev–Trinajstić information content (AvgIpc) is 2.85. The van der Waals surface area contributed by atoms with Crippen LogP contribution < -0.4 is 11.1 Å². The average molecular weight is 324 g/mol. The number of fused-ring (bicyclic) bond motifs is 1. The van der Waals surface area contributed by atoms with E-state index in [1.807, 2.05) is 37.3 Å². The molecule has 24 heavy (non-hydrogen) atoms. The Morgan fingerprint density at radius 3 is 2.79 bits per heavy atom. The van der Waals surface area contributed by atoms with Crippen molar-refractivity contribution in [2.45, 2.75) is 26.3 Å². The summed E-state index contributed by atoms with van der Waals surface area (Å²) in [6, 6.07) is 13.7. The van der Waals surface area contributed by atoms with Crippen molar-refractivity contribution in [2.75, 3.05) is 0 Å². The van der Waals surface area contributed by atoms with Crippen LogP contribution in [0.4, 0.5) is 0 Å². The van der Waals surface area contributed by atoms with Gasteiger partial charge in [0, 0.05) is 20.0 Å². The van der Waals surface area contributed by atoms with Gasteiger partial charge in [0.1, 0.15) is 0 Å². The van der Waals surface area contributed by atoms with Gasteiger partial charge in [0.2, 0.25) is 5.91 Å². The Kier molecular flexibility index (Phi) is 4.51. The normalized spacial score (nSPS) is 10.9. The first-order chi connectivity index (χ1) is 11.5. The monoisotopic (exact) mass is 324 g/mol. The lowest BCUT2D eigenvalue weighted by atomic mass is 10.1. The molecule has 0 aliphatic rings. The fourth-order valence-corrected chi connectivity index (χ4v) is 2.70. The summed E-state index contributed by atoms with van der Waals surface area (Å²) in [5, 5.41) is 2.92. The molecular formula is C19H20N2O3. The fourth-order valence-electron chi connectivity index (χ4n) is 2.70. The van der Waals surface area contributed by atoms with Gasteiger partial charge in [-0.3, -0.25) is 9.36 Å². The lowest BCUT2D eigenvalue weighted by Crippen LogP contribution is -2.23. The third-order valence-electron chi connectivity index (χ3n) is 4.07. The molecule has 5 nitrogen and oxygen atoms in total. The highest BCUT2D eigenvalue weighted by Gasteiger charge is 2.07. The number of amides is 1. The van der Waals surface area contributed by atoms with Crippen molar-refractivity contribution in [3.63, 3.8) is 0 Å². The van der Waals surface area contributed by atoms with Crippen LogP contribution in [0, 0.1) is 6.92 Å². The first kappa shape index (κ1) is 16.1. The van der Waals surface area contributed by atoms with Crippen LogP contribution in [-0.2, 0) is 24.8 Å². The number of hydrogen-bond donors (Lipinski definition) is 1. The Bertz CT molecular complexity index is 937. The van der Waals surface area contributed by atoms with Crippen molar-refractivity contribution in [3.05, 3.63) is 69.7 Å². The van der Waals surface area contributed by atoms with Crippen molar-refractivity contribution in [2.24, 2.45) is 7.05 Å². The van der Waals surface area contributed by atoms with Crippen LogP contribution in [0.3, 0.4) is 0 Å². The maximum atomic E-state index is 12.0. The molecule has 0 unspecified atom stereocenters. The zero-order chi connectivity index (χ0) is 17.1. The molecule has 2 aromatic carbocycles. The number of nitrogens with one attached hydrogen (secondary N) is 1. The summed E-state index contributed by atoms with van der Waals surface area (Å²) in [6.45, 7) is 2.48. The zero-order valence-corrected chi connectivity index (χ0v) is 13.8. The van der Waals surface area contributed by atoms with Gasteiger partial charge in [0.05, 0.1) is 5.52 Å². The van der Waals surface area contributed by atoms with Crippen LogP contribution in [0.2, 0.25) is 0 Å². The summed E-state index contributed by atoms with van der Waals surface area (Å²) in [5.74, 6) is -0.373. The van der Waals surface area contributed by atoms with Gasteiger partial charge in [-0.25, -0.2) is 4.79 Å². The van der Waals surface area contributed by atoms with Crippen LogP contribution in [0.1, 0.15) is 23.1 Å². The predicted octanol–water partition coefficient (Wildman–Crippen LogP) is 2.69. The van der Waals surface area contributed by atoms with E-state index in [9.17, 15) is 9.59 Å². The Morgan fingerprint density at radius 2 is 2.00 bits per heavy atom. The molecule has 0 aliphatic heterocycles. The highest BCUT2D eigenvalue weighted by Crippen LogP contribution is 2.14. The maximum Gasteiger partial charge on any atom is 0.419 e. The summed E-state index contributed by atoms with van der Waals surface area (Å²) in [5.41, 5.74) is 4.58. The van der Waals surface area contributed by atoms with Gasteiger partial charge in [-0.1, -0.05) is 35.9 Å². The van der Waals surface area contributed by atoms with Crippen LogP contribution in [0.15, 0.2) is 51.7 Å². The van der Waals surface area contributed by atoms with Crippen molar-refractivity contribution in [1.29, 1.82) is 0 Å². The molecule has 0 saturated heterocycles. The molecule has 3 rings (SSSR count). The standard InChI is InChI=1S/C19H20N2O3/c1-13-4-3-5-14(10-13)7-9-18(22)20-12-15-6-8-17-16(11-15)21(2)19(23)24-17/h3-6,8,10-11H,7,9,12H2,1-2H3,(H,20,22). The summed E-state index contributed by atoms with van der Waals surface area (Å²) in [4.78, 5) is 23.5. The molecule has 0 radical (unpaired) electrons. The van der Waals surface area contributed by atoms with Gasteiger partial charge >= 0.3 is 5.76 Å². The molecule has 124 valence electrons. The van der Waals surface area contributed by atoms with E-state index < -0.39 is 0 Å². The Labute approximate surface area is 139 Å². The fraction of sp³-hybridized carbons (Fsp3) is 0.263. The van der Waals surface area contributed by atoms with Crippen molar-refractivity contribution in [3.8, 4) is 0 Å². The summed E-state index contributed by atoms with van der Waals surface area (Å²) in [6.07, 6.45) is 1.18. The molecule has 1 N–H and O–H groups in total. The lowest BCUT2D eigenvalue weighted by molar-refractivity contribution is -0.121. The molecule has 0 atom stereocenters. The van der Waals surface area contributed by atoms with Gasteiger partial charge in [0.15, 0.2) is 5.58 Å². The summed E-state index contributed by atoms with van der Waals surface area (Å²) in [7, 11) is 1.67. The van der Waals surface area contributed by atoms with Crippen LogP contribution in [0.25, 0.3) is 11.1 Å².